The smallest absolute Gasteiger partial charge is 0.0824 e. The van der Waals surface area contributed by atoms with Crippen LogP contribution in [0.2, 0.25) is 0 Å². The molecule has 1 fully saturated rings. The predicted molar refractivity (Wildman–Crippen MR) is 78.6 cm³/mol. The lowest BCUT2D eigenvalue weighted by molar-refractivity contribution is 0.113. The van der Waals surface area contributed by atoms with Crippen molar-refractivity contribution in [2.24, 2.45) is 5.92 Å². The molecule has 0 spiro atoms. The lowest BCUT2D eigenvalue weighted by atomic mass is 9.91. The largest absolute Gasteiger partial charge is 0.388 e. The van der Waals surface area contributed by atoms with Gasteiger partial charge < -0.3 is 5.11 Å². The minimum atomic E-state index is -0.314. The van der Waals surface area contributed by atoms with Gasteiger partial charge in [0, 0.05) is 4.47 Å². The Kier molecular flexibility index (Phi) is 3.40. The molecule has 2 heteroatoms. The average Bonchev–Trinajstić information content (AvgIpc) is 2.93. The summed E-state index contributed by atoms with van der Waals surface area (Å²) in [6.07, 6.45) is 4.52. The molecule has 0 amide bonds. The summed E-state index contributed by atoms with van der Waals surface area (Å²) in [5, 5.41) is 13.0. The van der Waals surface area contributed by atoms with Crippen molar-refractivity contribution >= 4 is 26.7 Å². The maximum absolute atomic E-state index is 10.6. The molecule has 0 radical (unpaired) electrons. The maximum Gasteiger partial charge on any atom is 0.0824 e. The number of fused-ring (bicyclic) bond motifs is 1. The van der Waals surface area contributed by atoms with Crippen molar-refractivity contribution in [3.05, 3.63) is 46.4 Å². The van der Waals surface area contributed by atoms with Gasteiger partial charge in [0.2, 0.25) is 0 Å². The topological polar surface area (TPSA) is 20.2 Å². The Bertz CT molecular complexity index is 558. The number of benzene rings is 2. The number of hydrogen-bond acceptors (Lipinski definition) is 1. The van der Waals surface area contributed by atoms with Gasteiger partial charge in [-0.2, -0.15) is 0 Å². The number of halogens is 1. The van der Waals surface area contributed by atoms with Gasteiger partial charge in [0.25, 0.3) is 0 Å². The van der Waals surface area contributed by atoms with E-state index in [1.807, 2.05) is 12.1 Å². The first-order valence-electron chi connectivity index (χ1n) is 6.62. The number of aliphatic hydroxyl groups excluding tert-OH is 1. The van der Waals surface area contributed by atoms with E-state index in [-0.39, 0.29) is 6.10 Å². The van der Waals surface area contributed by atoms with Crippen molar-refractivity contribution in [2.75, 3.05) is 0 Å². The van der Waals surface area contributed by atoms with Gasteiger partial charge in [0.15, 0.2) is 0 Å². The van der Waals surface area contributed by atoms with Gasteiger partial charge >= 0.3 is 0 Å². The van der Waals surface area contributed by atoms with Crippen LogP contribution in [-0.4, -0.2) is 5.11 Å². The molecule has 0 aliphatic heterocycles. The molecule has 0 heterocycles. The van der Waals surface area contributed by atoms with Crippen molar-refractivity contribution in [3.8, 4) is 0 Å². The van der Waals surface area contributed by atoms with Crippen molar-refractivity contribution in [1.82, 2.24) is 0 Å². The van der Waals surface area contributed by atoms with Gasteiger partial charge in [-0.25, -0.2) is 0 Å². The Morgan fingerprint density at radius 1 is 1.00 bits per heavy atom. The van der Waals surface area contributed by atoms with E-state index in [0.29, 0.717) is 5.92 Å². The van der Waals surface area contributed by atoms with Crippen molar-refractivity contribution in [2.45, 2.75) is 31.8 Å². The predicted octanol–water partition coefficient (Wildman–Crippen LogP) is 4.83. The summed E-state index contributed by atoms with van der Waals surface area (Å²) >= 11 is 3.58. The van der Waals surface area contributed by atoms with Crippen LogP contribution in [0.3, 0.4) is 0 Å². The molecule has 3 rings (SSSR count). The average molecular weight is 305 g/mol. The zero-order chi connectivity index (χ0) is 12.5. The molecular weight excluding hydrogens is 288 g/mol. The van der Waals surface area contributed by atoms with E-state index < -0.39 is 0 Å². The molecule has 94 valence electrons. The zero-order valence-electron chi connectivity index (χ0n) is 10.3. The first-order valence-corrected chi connectivity index (χ1v) is 7.42. The molecule has 1 aliphatic carbocycles. The third kappa shape index (κ3) is 2.08. The van der Waals surface area contributed by atoms with E-state index in [4.69, 9.17) is 0 Å². The van der Waals surface area contributed by atoms with E-state index in [1.54, 1.807) is 0 Å². The Hall–Kier alpha value is -0.860. The van der Waals surface area contributed by atoms with Gasteiger partial charge in [0.05, 0.1) is 6.10 Å². The minimum absolute atomic E-state index is 0.314. The van der Waals surface area contributed by atoms with Crippen molar-refractivity contribution in [1.29, 1.82) is 0 Å². The highest BCUT2D eigenvalue weighted by Crippen LogP contribution is 2.39. The summed E-state index contributed by atoms with van der Waals surface area (Å²) in [5.74, 6) is 0.439. The Morgan fingerprint density at radius 2 is 1.67 bits per heavy atom. The fourth-order valence-corrected chi connectivity index (χ4v) is 3.55. The summed E-state index contributed by atoms with van der Waals surface area (Å²) in [6, 6.07) is 12.4. The van der Waals surface area contributed by atoms with Crippen LogP contribution in [0, 0.1) is 5.92 Å². The summed E-state index contributed by atoms with van der Waals surface area (Å²) in [4.78, 5) is 0. The summed E-state index contributed by atoms with van der Waals surface area (Å²) in [5.41, 5.74) is 1.08. The number of hydrogen-bond donors (Lipinski definition) is 1. The van der Waals surface area contributed by atoms with Crippen LogP contribution in [0.4, 0.5) is 0 Å². The normalized spacial score (nSPS) is 18.3. The maximum atomic E-state index is 10.6. The first-order chi connectivity index (χ1) is 8.77. The van der Waals surface area contributed by atoms with Crippen LogP contribution < -0.4 is 0 Å². The van der Waals surface area contributed by atoms with E-state index in [0.717, 1.165) is 22.9 Å². The van der Waals surface area contributed by atoms with Gasteiger partial charge in [-0.15, -0.1) is 0 Å². The second-order valence-corrected chi connectivity index (χ2v) is 6.03. The standard InChI is InChI=1S/C16H17BrO/c17-15-10-9-14(12-7-3-4-8-13(12)15)16(18)11-5-1-2-6-11/h3-4,7-11,16,18H,1-2,5-6H2. The van der Waals surface area contributed by atoms with Crippen molar-refractivity contribution < 1.29 is 5.11 Å². The zero-order valence-corrected chi connectivity index (χ0v) is 11.9. The second-order valence-electron chi connectivity index (χ2n) is 5.17. The molecular formula is C16H17BrO. The highest BCUT2D eigenvalue weighted by Gasteiger charge is 2.25. The molecule has 0 saturated heterocycles. The lowest BCUT2D eigenvalue weighted by Gasteiger charge is -2.20. The molecule has 2 aromatic carbocycles. The van der Waals surface area contributed by atoms with E-state index in [9.17, 15) is 5.11 Å². The number of aliphatic hydroxyl groups is 1. The van der Waals surface area contributed by atoms with Crippen LogP contribution in [0.5, 0.6) is 0 Å². The molecule has 1 atom stereocenters. The number of rotatable bonds is 2. The second kappa shape index (κ2) is 5.02. The SMILES string of the molecule is OC(c1ccc(Br)c2ccccc12)C1CCCC1. The third-order valence-electron chi connectivity index (χ3n) is 4.07. The van der Waals surface area contributed by atoms with Crippen molar-refractivity contribution in [3.63, 3.8) is 0 Å². The highest BCUT2D eigenvalue weighted by atomic mass is 79.9. The molecule has 2 aromatic rings. The van der Waals surface area contributed by atoms with Crippen LogP contribution in [0.15, 0.2) is 40.9 Å². The quantitative estimate of drug-likeness (QED) is 0.843. The Labute approximate surface area is 116 Å². The van der Waals surface area contributed by atoms with Gasteiger partial charge in [-0.3, -0.25) is 0 Å². The first kappa shape index (κ1) is 12.2. The van der Waals surface area contributed by atoms with Crippen LogP contribution >= 0.6 is 15.9 Å². The van der Waals surface area contributed by atoms with Crippen LogP contribution in [0.25, 0.3) is 10.8 Å². The highest BCUT2D eigenvalue weighted by molar-refractivity contribution is 9.10. The summed E-state index contributed by atoms with van der Waals surface area (Å²) in [7, 11) is 0. The fraction of sp³-hybridized carbons (Fsp3) is 0.375. The Morgan fingerprint density at radius 3 is 2.39 bits per heavy atom. The summed E-state index contributed by atoms with van der Waals surface area (Å²) in [6.45, 7) is 0. The lowest BCUT2D eigenvalue weighted by Crippen LogP contribution is -2.09. The fourth-order valence-electron chi connectivity index (χ4n) is 3.07. The third-order valence-corrected chi connectivity index (χ3v) is 4.76. The summed E-state index contributed by atoms with van der Waals surface area (Å²) < 4.78 is 1.10. The van der Waals surface area contributed by atoms with E-state index in [2.05, 4.69) is 40.2 Å². The van der Waals surface area contributed by atoms with E-state index in [1.165, 1.54) is 23.6 Å². The molecule has 1 nitrogen and oxygen atoms in total. The molecule has 1 N–H and O–H groups in total. The molecule has 0 aromatic heterocycles. The van der Waals surface area contributed by atoms with Crippen LogP contribution in [0.1, 0.15) is 37.4 Å². The van der Waals surface area contributed by atoms with Gasteiger partial charge in [-0.1, -0.05) is 59.1 Å². The molecule has 1 saturated carbocycles. The molecule has 18 heavy (non-hydrogen) atoms. The van der Waals surface area contributed by atoms with Gasteiger partial charge in [-0.05, 0) is 41.2 Å². The van der Waals surface area contributed by atoms with Gasteiger partial charge in [0.1, 0.15) is 0 Å². The molecule has 1 aliphatic rings. The monoisotopic (exact) mass is 304 g/mol. The van der Waals surface area contributed by atoms with E-state index >= 15 is 0 Å². The van der Waals surface area contributed by atoms with Crippen LogP contribution in [-0.2, 0) is 0 Å². The molecule has 1 unspecified atom stereocenters. The Balaban J connectivity index is 2.08. The molecule has 0 bridgehead atoms. The minimum Gasteiger partial charge on any atom is -0.388 e.